The van der Waals surface area contributed by atoms with E-state index in [0.29, 0.717) is 13.2 Å². The van der Waals surface area contributed by atoms with Crippen LogP contribution >= 0.6 is 0 Å². The van der Waals surface area contributed by atoms with E-state index in [1.165, 1.54) is 44.9 Å². The first kappa shape index (κ1) is 26.3. The lowest BCUT2D eigenvalue weighted by Crippen LogP contribution is -2.62. The van der Waals surface area contributed by atoms with Crippen LogP contribution in [0.4, 0.5) is 0 Å². The quantitative estimate of drug-likeness (QED) is 0.288. The molecule has 7 nitrogen and oxygen atoms in total. The fourth-order valence-electron chi connectivity index (χ4n) is 3.47. The Hall–Kier alpha value is -0.730. The molecule has 0 aromatic carbocycles. The van der Waals surface area contributed by atoms with Crippen LogP contribution < -0.4 is 5.32 Å². The number of unbranched alkanes of at least 4 members (excludes halogenated alkanes) is 10. The van der Waals surface area contributed by atoms with Crippen LogP contribution in [0.15, 0.2) is 0 Å². The Labute approximate surface area is 176 Å². The van der Waals surface area contributed by atoms with Gasteiger partial charge in [0.05, 0.1) is 0 Å². The summed E-state index contributed by atoms with van der Waals surface area (Å²) < 4.78 is 10.9. The highest BCUT2D eigenvalue weighted by atomic mass is 16.7. The lowest BCUT2D eigenvalue weighted by atomic mass is 9.98. The van der Waals surface area contributed by atoms with E-state index in [1.54, 1.807) is 0 Å². The van der Waals surface area contributed by atoms with E-state index in [4.69, 9.17) is 9.47 Å². The highest BCUT2D eigenvalue weighted by Gasteiger charge is 2.47. The highest BCUT2D eigenvalue weighted by Crippen LogP contribution is 2.22. The second-order valence-electron chi connectivity index (χ2n) is 8.09. The summed E-state index contributed by atoms with van der Waals surface area (Å²) in [5.41, 5.74) is 0. The van der Waals surface area contributed by atoms with Gasteiger partial charge in [0, 0.05) is 13.2 Å². The Kier molecular flexibility index (Phi) is 14.5. The summed E-state index contributed by atoms with van der Waals surface area (Å²) in [6.07, 6.45) is 7.15. The molecule has 1 rings (SSSR count). The van der Waals surface area contributed by atoms with Crippen molar-refractivity contribution in [3.05, 3.63) is 0 Å². The molecule has 2 unspecified atom stereocenters. The number of carbonyl (C=O) groups is 1. The molecular formula is C22H43NO6. The standard InChI is InChI=1S/C22H43NO6/c1-3-5-7-8-9-10-11-12-13-14-15-23-21(27)20-18(25)17(24)19(26)22(29-20)28-16-6-4-2/h17-20,22,24-26H,3-16H2,1-2H3,(H,23,27)/t17-,18+,19?,20?,22+/m1/s1. The molecule has 5 atom stereocenters. The normalized spacial score (nSPS) is 27.1. The van der Waals surface area contributed by atoms with Crippen molar-refractivity contribution in [3.63, 3.8) is 0 Å². The van der Waals surface area contributed by atoms with E-state index >= 15 is 0 Å². The molecule has 1 fully saturated rings. The molecular weight excluding hydrogens is 374 g/mol. The van der Waals surface area contributed by atoms with Crippen molar-refractivity contribution in [2.45, 2.75) is 122 Å². The zero-order valence-electron chi connectivity index (χ0n) is 18.4. The summed E-state index contributed by atoms with van der Waals surface area (Å²) >= 11 is 0. The number of amides is 1. The number of rotatable bonds is 16. The molecule has 1 aliphatic heterocycles. The molecule has 29 heavy (non-hydrogen) atoms. The SMILES string of the molecule is CCCCCCCCCCCCNC(=O)C1O[C@H](OCCCC)C(O)[C@H](O)[C@@H]1O. The van der Waals surface area contributed by atoms with E-state index in [-0.39, 0.29) is 0 Å². The topological polar surface area (TPSA) is 108 Å². The number of nitrogens with one attached hydrogen (secondary N) is 1. The average molecular weight is 418 g/mol. The second-order valence-corrected chi connectivity index (χ2v) is 8.09. The van der Waals surface area contributed by atoms with Gasteiger partial charge in [0.1, 0.15) is 18.3 Å². The monoisotopic (exact) mass is 417 g/mol. The Balaban J connectivity index is 2.20. The molecule has 0 bridgehead atoms. The van der Waals surface area contributed by atoms with Gasteiger partial charge in [0.15, 0.2) is 12.4 Å². The second kappa shape index (κ2) is 16.0. The molecule has 1 amide bonds. The first-order valence-electron chi connectivity index (χ1n) is 11.6. The van der Waals surface area contributed by atoms with Crippen LogP contribution in [-0.4, -0.2) is 65.1 Å². The van der Waals surface area contributed by atoms with Gasteiger partial charge in [0.2, 0.25) is 0 Å². The largest absolute Gasteiger partial charge is 0.387 e. The molecule has 172 valence electrons. The van der Waals surface area contributed by atoms with Crippen molar-refractivity contribution in [2.75, 3.05) is 13.2 Å². The maximum absolute atomic E-state index is 12.4. The number of hydrogen-bond acceptors (Lipinski definition) is 6. The van der Waals surface area contributed by atoms with E-state index in [2.05, 4.69) is 12.2 Å². The molecule has 0 saturated carbocycles. The number of carbonyl (C=O) groups excluding carboxylic acids is 1. The summed E-state index contributed by atoms with van der Waals surface area (Å²) in [4.78, 5) is 12.4. The molecule has 0 aliphatic carbocycles. The van der Waals surface area contributed by atoms with Crippen LogP contribution in [-0.2, 0) is 14.3 Å². The van der Waals surface area contributed by atoms with E-state index < -0.39 is 36.6 Å². The zero-order chi connectivity index (χ0) is 21.5. The minimum absolute atomic E-state index is 0.355. The molecule has 0 radical (unpaired) electrons. The lowest BCUT2D eigenvalue weighted by molar-refractivity contribution is -0.290. The van der Waals surface area contributed by atoms with Crippen LogP contribution in [0.2, 0.25) is 0 Å². The maximum Gasteiger partial charge on any atom is 0.252 e. The first-order valence-corrected chi connectivity index (χ1v) is 11.6. The molecule has 0 aromatic rings. The predicted molar refractivity (Wildman–Crippen MR) is 112 cm³/mol. The molecule has 1 aliphatic rings. The van der Waals surface area contributed by atoms with E-state index in [9.17, 15) is 20.1 Å². The van der Waals surface area contributed by atoms with Gasteiger partial charge in [-0.3, -0.25) is 4.79 Å². The Morgan fingerprint density at radius 1 is 0.793 bits per heavy atom. The van der Waals surface area contributed by atoms with Gasteiger partial charge in [-0.25, -0.2) is 0 Å². The van der Waals surface area contributed by atoms with Crippen LogP contribution in [0.1, 0.15) is 90.9 Å². The third kappa shape index (κ3) is 10.2. The van der Waals surface area contributed by atoms with Crippen molar-refractivity contribution in [2.24, 2.45) is 0 Å². The first-order chi connectivity index (χ1) is 14.0. The van der Waals surface area contributed by atoms with Gasteiger partial charge >= 0.3 is 0 Å². The summed E-state index contributed by atoms with van der Waals surface area (Å²) in [6, 6.07) is 0. The van der Waals surface area contributed by atoms with Crippen molar-refractivity contribution < 1.29 is 29.6 Å². The van der Waals surface area contributed by atoms with Gasteiger partial charge in [-0.15, -0.1) is 0 Å². The summed E-state index contributed by atoms with van der Waals surface area (Å²) in [5.74, 6) is -0.483. The fraction of sp³-hybridized carbons (Fsp3) is 0.955. The Bertz CT molecular complexity index is 422. The van der Waals surface area contributed by atoms with Gasteiger partial charge in [0.25, 0.3) is 5.91 Å². The van der Waals surface area contributed by atoms with Gasteiger partial charge in [-0.05, 0) is 12.8 Å². The minimum atomic E-state index is -1.48. The van der Waals surface area contributed by atoms with Crippen LogP contribution in [0.5, 0.6) is 0 Å². The predicted octanol–water partition coefficient (Wildman–Crippen LogP) is 2.65. The van der Waals surface area contributed by atoms with Crippen molar-refractivity contribution in [1.29, 1.82) is 0 Å². The molecule has 0 aromatic heterocycles. The summed E-state index contributed by atoms with van der Waals surface area (Å²) in [5, 5.41) is 32.9. The fourth-order valence-corrected chi connectivity index (χ4v) is 3.47. The Morgan fingerprint density at radius 2 is 1.34 bits per heavy atom. The summed E-state index contributed by atoms with van der Waals surface area (Å²) in [7, 11) is 0. The third-order valence-corrected chi connectivity index (χ3v) is 5.44. The minimum Gasteiger partial charge on any atom is -0.387 e. The smallest absolute Gasteiger partial charge is 0.252 e. The molecule has 0 spiro atoms. The van der Waals surface area contributed by atoms with Gasteiger partial charge in [-0.1, -0.05) is 78.1 Å². The average Bonchev–Trinajstić information content (AvgIpc) is 2.72. The lowest BCUT2D eigenvalue weighted by Gasteiger charge is -2.39. The highest BCUT2D eigenvalue weighted by molar-refractivity contribution is 5.81. The van der Waals surface area contributed by atoms with E-state index in [1.807, 2.05) is 6.92 Å². The van der Waals surface area contributed by atoms with Crippen molar-refractivity contribution in [3.8, 4) is 0 Å². The number of hydrogen-bond donors (Lipinski definition) is 4. The van der Waals surface area contributed by atoms with Crippen LogP contribution in [0, 0.1) is 0 Å². The van der Waals surface area contributed by atoms with Crippen LogP contribution in [0.25, 0.3) is 0 Å². The molecule has 7 heteroatoms. The van der Waals surface area contributed by atoms with Crippen LogP contribution in [0.3, 0.4) is 0 Å². The van der Waals surface area contributed by atoms with Gasteiger partial charge < -0.3 is 30.1 Å². The number of ether oxygens (including phenoxy) is 2. The number of aliphatic hydroxyl groups is 3. The molecule has 1 saturated heterocycles. The zero-order valence-corrected chi connectivity index (χ0v) is 18.4. The van der Waals surface area contributed by atoms with Crippen molar-refractivity contribution in [1.82, 2.24) is 5.32 Å². The van der Waals surface area contributed by atoms with Gasteiger partial charge in [-0.2, -0.15) is 0 Å². The molecule has 1 heterocycles. The van der Waals surface area contributed by atoms with Crippen molar-refractivity contribution >= 4 is 5.91 Å². The summed E-state index contributed by atoms with van der Waals surface area (Å²) in [6.45, 7) is 5.09. The third-order valence-electron chi connectivity index (χ3n) is 5.44. The van der Waals surface area contributed by atoms with E-state index in [0.717, 1.165) is 32.1 Å². The number of aliphatic hydroxyl groups excluding tert-OH is 3. The molecule has 4 N–H and O–H groups in total. The Morgan fingerprint density at radius 3 is 1.93 bits per heavy atom. The maximum atomic E-state index is 12.4.